The molecule has 0 spiro atoms. The van der Waals surface area contributed by atoms with E-state index in [0.29, 0.717) is 9.79 Å². The molecule has 0 atom stereocenters. The number of benzene rings is 2. The predicted molar refractivity (Wildman–Crippen MR) is 83.3 cm³/mol. The van der Waals surface area contributed by atoms with E-state index in [9.17, 15) is 21.6 Å². The fourth-order valence-electron chi connectivity index (χ4n) is 1.86. The second kappa shape index (κ2) is 6.38. The van der Waals surface area contributed by atoms with Gasteiger partial charge in [0.25, 0.3) is 0 Å². The van der Waals surface area contributed by atoms with E-state index in [4.69, 9.17) is 3.63 Å². The van der Waals surface area contributed by atoms with Crippen LogP contribution in [0.1, 0.15) is 0 Å². The minimum atomic E-state index is -5.80. The van der Waals surface area contributed by atoms with Crippen molar-refractivity contribution in [3.05, 3.63) is 72.7 Å². The lowest BCUT2D eigenvalue weighted by Crippen LogP contribution is -2.26. The number of halogens is 3. The van der Waals surface area contributed by atoms with Gasteiger partial charge < -0.3 is 0 Å². The SMILES string of the molecule is C=CS(OS(=O)(=O)C(F)(F)F)(c1ccccc1)c1ccccc1. The Kier molecular flexibility index (Phi) is 4.88. The molecular formula is C15H13F3O3S2. The van der Waals surface area contributed by atoms with Crippen LogP contribution in [-0.4, -0.2) is 13.9 Å². The maximum atomic E-state index is 12.8. The molecule has 0 aliphatic heterocycles. The van der Waals surface area contributed by atoms with Crippen molar-refractivity contribution in [1.82, 2.24) is 0 Å². The Labute approximate surface area is 134 Å². The van der Waals surface area contributed by atoms with Crippen LogP contribution in [0.2, 0.25) is 0 Å². The van der Waals surface area contributed by atoms with Crippen LogP contribution >= 0.6 is 10.3 Å². The lowest BCUT2D eigenvalue weighted by atomic mass is 10.4. The second-order valence-corrected chi connectivity index (χ2v) is 8.75. The number of alkyl halides is 3. The molecule has 0 amide bonds. The summed E-state index contributed by atoms with van der Waals surface area (Å²) in [5, 5.41) is 1.13. The van der Waals surface area contributed by atoms with Crippen molar-refractivity contribution in [2.24, 2.45) is 0 Å². The van der Waals surface area contributed by atoms with Crippen molar-refractivity contribution < 1.29 is 25.2 Å². The van der Waals surface area contributed by atoms with Gasteiger partial charge in [0, 0.05) is 9.79 Å². The normalized spacial score (nSPS) is 13.5. The fourth-order valence-corrected chi connectivity index (χ4v) is 5.93. The van der Waals surface area contributed by atoms with Crippen molar-refractivity contribution in [2.45, 2.75) is 15.3 Å². The molecule has 0 unspecified atom stereocenters. The summed E-state index contributed by atoms with van der Waals surface area (Å²) in [4.78, 5) is 0.600. The molecule has 0 heterocycles. The number of hydrogen-bond donors (Lipinski definition) is 0. The fraction of sp³-hybridized carbons (Fsp3) is 0.0667. The highest BCUT2D eigenvalue weighted by molar-refractivity contribution is 8.35. The molecule has 0 saturated heterocycles. The van der Waals surface area contributed by atoms with E-state index in [1.54, 1.807) is 36.4 Å². The minimum Gasteiger partial charge on any atom is -0.200 e. The van der Waals surface area contributed by atoms with Crippen molar-refractivity contribution >= 4 is 20.4 Å². The van der Waals surface area contributed by atoms with Crippen LogP contribution in [0, 0.1) is 0 Å². The maximum absolute atomic E-state index is 12.8. The smallest absolute Gasteiger partial charge is 0.200 e. The van der Waals surface area contributed by atoms with Gasteiger partial charge in [-0.3, -0.25) is 0 Å². The predicted octanol–water partition coefficient (Wildman–Crippen LogP) is 4.83. The first kappa shape index (κ1) is 17.6. The average Bonchev–Trinajstić information content (AvgIpc) is 2.53. The first-order chi connectivity index (χ1) is 10.7. The quantitative estimate of drug-likeness (QED) is 0.715. The van der Waals surface area contributed by atoms with Crippen LogP contribution in [-0.2, 0) is 13.7 Å². The Morgan fingerprint density at radius 1 is 0.870 bits per heavy atom. The van der Waals surface area contributed by atoms with Gasteiger partial charge in [-0.25, -0.2) is 3.63 Å². The van der Waals surface area contributed by atoms with Crippen molar-refractivity contribution in [1.29, 1.82) is 0 Å². The molecule has 0 fully saturated rings. The van der Waals surface area contributed by atoms with Gasteiger partial charge in [-0.15, -0.1) is 0 Å². The summed E-state index contributed by atoms with van der Waals surface area (Å²) in [6.07, 6.45) is 0. The Bertz CT molecular complexity index is 733. The molecule has 2 aromatic rings. The topological polar surface area (TPSA) is 43.4 Å². The molecule has 0 N–H and O–H groups in total. The lowest BCUT2D eigenvalue weighted by Gasteiger charge is -2.35. The van der Waals surface area contributed by atoms with Crippen molar-refractivity contribution in [3.8, 4) is 0 Å². The number of rotatable bonds is 5. The summed E-state index contributed by atoms with van der Waals surface area (Å²) >= 11 is 0. The molecule has 0 saturated carbocycles. The molecule has 2 rings (SSSR count). The molecule has 0 aromatic heterocycles. The van der Waals surface area contributed by atoms with E-state index in [2.05, 4.69) is 6.58 Å². The zero-order chi connectivity index (χ0) is 17.1. The standard InChI is InChI=1S/C15H13F3O3S2/c1-2-22(13-9-5-3-6-10-13,14-11-7-4-8-12-14)21-23(19,20)15(16,17)18/h2-12H,1H2. The molecular weight excluding hydrogens is 349 g/mol. The van der Waals surface area contributed by atoms with Gasteiger partial charge in [-0.1, -0.05) is 43.0 Å². The third-order valence-corrected chi connectivity index (χ3v) is 7.46. The van der Waals surface area contributed by atoms with Gasteiger partial charge in [0.05, 0.1) is 0 Å². The zero-order valence-electron chi connectivity index (χ0n) is 11.7. The Hall–Kier alpha value is -1.77. The Morgan fingerprint density at radius 3 is 1.57 bits per heavy atom. The molecule has 3 nitrogen and oxygen atoms in total. The van der Waals surface area contributed by atoms with Gasteiger partial charge in [-0.05, 0) is 40.0 Å². The highest BCUT2D eigenvalue weighted by atomic mass is 32.3. The van der Waals surface area contributed by atoms with Gasteiger partial charge in [0.2, 0.25) is 0 Å². The highest BCUT2D eigenvalue weighted by Crippen LogP contribution is 2.66. The summed E-state index contributed by atoms with van der Waals surface area (Å²) in [6, 6.07) is 15.7. The van der Waals surface area contributed by atoms with Crippen molar-refractivity contribution in [2.75, 3.05) is 0 Å². The molecule has 0 aliphatic rings. The summed E-state index contributed by atoms with van der Waals surface area (Å²) in [5.41, 5.74) is -5.52. The number of hydrogen-bond acceptors (Lipinski definition) is 3. The van der Waals surface area contributed by atoms with Crippen LogP contribution in [0.15, 0.2) is 82.4 Å². The van der Waals surface area contributed by atoms with E-state index in [-0.39, 0.29) is 0 Å². The minimum absolute atomic E-state index is 0.300. The molecule has 124 valence electrons. The molecule has 8 heteroatoms. The first-order valence-electron chi connectivity index (χ1n) is 6.31. The van der Waals surface area contributed by atoms with Gasteiger partial charge in [0.1, 0.15) is 0 Å². The summed E-state index contributed by atoms with van der Waals surface area (Å²) in [5.74, 6) is 0. The summed E-state index contributed by atoms with van der Waals surface area (Å²) in [7, 11) is -8.87. The van der Waals surface area contributed by atoms with E-state index >= 15 is 0 Å². The molecule has 2 aromatic carbocycles. The lowest BCUT2D eigenvalue weighted by molar-refractivity contribution is -0.0495. The van der Waals surface area contributed by atoms with Crippen LogP contribution in [0.4, 0.5) is 13.2 Å². The van der Waals surface area contributed by atoms with Gasteiger partial charge in [0.15, 0.2) is 0 Å². The highest BCUT2D eigenvalue weighted by Gasteiger charge is 2.51. The third kappa shape index (κ3) is 3.44. The monoisotopic (exact) mass is 362 g/mol. The summed E-state index contributed by atoms with van der Waals surface area (Å²) in [6.45, 7) is 3.53. The Balaban J connectivity index is 2.68. The Morgan fingerprint density at radius 2 is 1.26 bits per heavy atom. The third-order valence-electron chi connectivity index (χ3n) is 2.90. The van der Waals surface area contributed by atoms with Crippen LogP contribution in [0.25, 0.3) is 0 Å². The van der Waals surface area contributed by atoms with E-state index < -0.39 is 25.9 Å². The second-order valence-electron chi connectivity index (χ2n) is 4.36. The van der Waals surface area contributed by atoms with Gasteiger partial charge >= 0.3 is 15.6 Å². The van der Waals surface area contributed by atoms with E-state index in [0.717, 1.165) is 5.41 Å². The van der Waals surface area contributed by atoms with E-state index in [1.807, 2.05) is 0 Å². The van der Waals surface area contributed by atoms with Crippen LogP contribution in [0.5, 0.6) is 0 Å². The molecule has 0 aliphatic carbocycles. The summed E-state index contributed by atoms with van der Waals surface area (Å²) < 4.78 is 66.3. The van der Waals surface area contributed by atoms with Crippen molar-refractivity contribution in [3.63, 3.8) is 0 Å². The molecule has 0 radical (unpaired) electrons. The largest absolute Gasteiger partial charge is 0.524 e. The van der Waals surface area contributed by atoms with Crippen LogP contribution < -0.4 is 0 Å². The zero-order valence-corrected chi connectivity index (χ0v) is 13.4. The molecule has 0 bridgehead atoms. The molecule has 23 heavy (non-hydrogen) atoms. The van der Waals surface area contributed by atoms with E-state index in [1.165, 1.54) is 24.3 Å². The first-order valence-corrected chi connectivity index (χ1v) is 9.34. The average molecular weight is 362 g/mol. The van der Waals surface area contributed by atoms with Gasteiger partial charge in [-0.2, -0.15) is 21.6 Å². The van der Waals surface area contributed by atoms with Crippen LogP contribution in [0.3, 0.4) is 0 Å². The maximum Gasteiger partial charge on any atom is 0.524 e.